The number of hydrogen-bond acceptors (Lipinski definition) is 6. The largest absolute Gasteiger partial charge is 0.493 e. The minimum Gasteiger partial charge on any atom is -0.493 e. The molecule has 0 aliphatic rings. The van der Waals surface area contributed by atoms with Gasteiger partial charge in [-0.2, -0.15) is 0 Å². The van der Waals surface area contributed by atoms with E-state index in [4.69, 9.17) is 13.9 Å². The van der Waals surface area contributed by atoms with Crippen LogP contribution in [0.1, 0.15) is 29.2 Å². The molecule has 0 saturated heterocycles. The first kappa shape index (κ1) is 17.0. The maximum absolute atomic E-state index is 12.4. The summed E-state index contributed by atoms with van der Waals surface area (Å²) < 4.78 is 15.8. The van der Waals surface area contributed by atoms with Crippen LogP contribution >= 0.6 is 11.3 Å². The summed E-state index contributed by atoms with van der Waals surface area (Å²) in [5.74, 6) is 1.72. The van der Waals surface area contributed by atoms with E-state index in [1.807, 2.05) is 31.2 Å². The summed E-state index contributed by atoms with van der Waals surface area (Å²) in [5, 5.41) is 5.34. The molecule has 7 heteroatoms. The van der Waals surface area contributed by atoms with Gasteiger partial charge in [-0.05, 0) is 37.3 Å². The van der Waals surface area contributed by atoms with Crippen molar-refractivity contribution in [3.8, 4) is 22.1 Å². The van der Waals surface area contributed by atoms with Crippen molar-refractivity contribution in [2.24, 2.45) is 0 Å². The van der Waals surface area contributed by atoms with Gasteiger partial charge in [0.25, 0.3) is 5.91 Å². The van der Waals surface area contributed by atoms with Crippen LogP contribution in [0.5, 0.6) is 11.5 Å². The van der Waals surface area contributed by atoms with Crippen molar-refractivity contribution in [3.63, 3.8) is 0 Å². The molecule has 1 aromatic carbocycles. The Morgan fingerprint density at radius 2 is 2.04 bits per heavy atom. The molecule has 6 nitrogen and oxygen atoms in total. The van der Waals surface area contributed by atoms with Crippen molar-refractivity contribution in [3.05, 3.63) is 53.4 Å². The summed E-state index contributed by atoms with van der Waals surface area (Å²) in [7, 11) is 3.17. The second-order valence-corrected chi connectivity index (χ2v) is 6.18. The second kappa shape index (κ2) is 7.40. The predicted molar refractivity (Wildman–Crippen MR) is 95.2 cm³/mol. The van der Waals surface area contributed by atoms with E-state index in [9.17, 15) is 4.79 Å². The van der Waals surface area contributed by atoms with Crippen molar-refractivity contribution in [2.75, 3.05) is 14.2 Å². The molecule has 25 heavy (non-hydrogen) atoms. The lowest BCUT2D eigenvalue weighted by Gasteiger charge is -2.10. The molecule has 0 aliphatic heterocycles. The van der Waals surface area contributed by atoms with Gasteiger partial charge in [0.05, 0.1) is 26.5 Å². The SMILES string of the molecule is COc1ccc(-c2nc(C(=O)N[C@H](C)c3ccco3)cs2)cc1OC. The fourth-order valence-corrected chi connectivity index (χ4v) is 3.16. The van der Waals surface area contributed by atoms with Crippen LogP contribution in [0.3, 0.4) is 0 Å². The smallest absolute Gasteiger partial charge is 0.271 e. The van der Waals surface area contributed by atoms with Crippen LogP contribution in [0.4, 0.5) is 0 Å². The number of rotatable bonds is 6. The van der Waals surface area contributed by atoms with Crippen LogP contribution in [-0.2, 0) is 0 Å². The Morgan fingerprint density at radius 3 is 2.72 bits per heavy atom. The Balaban J connectivity index is 1.77. The van der Waals surface area contributed by atoms with Gasteiger partial charge in [-0.3, -0.25) is 4.79 Å². The van der Waals surface area contributed by atoms with Crippen LogP contribution in [-0.4, -0.2) is 25.1 Å². The van der Waals surface area contributed by atoms with Gasteiger partial charge in [0, 0.05) is 10.9 Å². The first-order valence-corrected chi connectivity index (χ1v) is 8.52. The van der Waals surface area contributed by atoms with E-state index < -0.39 is 0 Å². The molecular formula is C18H18N2O4S. The van der Waals surface area contributed by atoms with Gasteiger partial charge >= 0.3 is 0 Å². The highest BCUT2D eigenvalue weighted by atomic mass is 32.1. The van der Waals surface area contributed by atoms with E-state index in [1.165, 1.54) is 11.3 Å². The third-order valence-corrected chi connectivity index (χ3v) is 4.58. The normalized spacial score (nSPS) is 11.8. The van der Waals surface area contributed by atoms with Gasteiger partial charge in [0.15, 0.2) is 11.5 Å². The summed E-state index contributed by atoms with van der Waals surface area (Å²) in [4.78, 5) is 16.8. The number of ether oxygens (including phenoxy) is 2. The molecule has 0 fully saturated rings. The summed E-state index contributed by atoms with van der Waals surface area (Å²) in [5.41, 5.74) is 1.23. The minimum atomic E-state index is -0.244. The molecule has 1 amide bonds. The molecule has 2 aromatic heterocycles. The summed E-state index contributed by atoms with van der Waals surface area (Å²) in [6.45, 7) is 1.86. The second-order valence-electron chi connectivity index (χ2n) is 5.32. The lowest BCUT2D eigenvalue weighted by atomic mass is 10.2. The quantitative estimate of drug-likeness (QED) is 0.723. The van der Waals surface area contributed by atoms with Gasteiger partial charge < -0.3 is 19.2 Å². The zero-order chi connectivity index (χ0) is 17.8. The molecule has 130 valence electrons. The summed E-state index contributed by atoms with van der Waals surface area (Å²) in [6, 6.07) is 8.91. The van der Waals surface area contributed by atoms with Crippen molar-refractivity contribution in [1.82, 2.24) is 10.3 Å². The van der Waals surface area contributed by atoms with Gasteiger partial charge in [0.1, 0.15) is 16.5 Å². The summed E-state index contributed by atoms with van der Waals surface area (Å²) >= 11 is 1.40. The maximum Gasteiger partial charge on any atom is 0.271 e. The molecule has 2 heterocycles. The van der Waals surface area contributed by atoms with Crippen molar-refractivity contribution >= 4 is 17.2 Å². The van der Waals surface area contributed by atoms with E-state index >= 15 is 0 Å². The molecule has 1 N–H and O–H groups in total. The maximum atomic E-state index is 12.4. The third kappa shape index (κ3) is 3.66. The first-order chi connectivity index (χ1) is 12.1. The predicted octanol–water partition coefficient (Wildman–Crippen LogP) is 3.91. The van der Waals surface area contributed by atoms with Crippen LogP contribution in [0.25, 0.3) is 10.6 Å². The third-order valence-electron chi connectivity index (χ3n) is 3.68. The number of nitrogens with zero attached hydrogens (tertiary/aromatic N) is 1. The molecule has 0 radical (unpaired) electrons. The average molecular weight is 358 g/mol. The average Bonchev–Trinajstić information content (AvgIpc) is 3.32. The van der Waals surface area contributed by atoms with Crippen molar-refractivity contribution in [1.29, 1.82) is 0 Å². The van der Waals surface area contributed by atoms with Crippen LogP contribution < -0.4 is 14.8 Å². The molecule has 0 saturated carbocycles. The van der Waals surface area contributed by atoms with Crippen LogP contribution in [0.2, 0.25) is 0 Å². The number of benzene rings is 1. The van der Waals surface area contributed by atoms with Gasteiger partial charge in [0.2, 0.25) is 0 Å². The van der Waals surface area contributed by atoms with Crippen molar-refractivity contribution in [2.45, 2.75) is 13.0 Å². The van der Waals surface area contributed by atoms with Gasteiger partial charge in [-0.15, -0.1) is 11.3 Å². The molecule has 1 atom stereocenters. The van der Waals surface area contributed by atoms with Gasteiger partial charge in [-0.25, -0.2) is 4.98 Å². The number of hydrogen-bond donors (Lipinski definition) is 1. The van der Waals surface area contributed by atoms with E-state index in [-0.39, 0.29) is 11.9 Å². The standard InChI is InChI=1S/C18H18N2O4S/c1-11(14-5-4-8-24-14)19-17(21)13-10-25-18(20-13)12-6-7-15(22-2)16(9-12)23-3/h4-11H,1-3H3,(H,19,21)/t11-/m1/s1. The van der Waals surface area contributed by atoms with Gasteiger partial charge in [-0.1, -0.05) is 0 Å². The van der Waals surface area contributed by atoms with E-state index in [1.54, 1.807) is 31.9 Å². The van der Waals surface area contributed by atoms with E-state index in [0.29, 0.717) is 23.0 Å². The Hall–Kier alpha value is -2.80. The highest BCUT2D eigenvalue weighted by Crippen LogP contribution is 2.33. The fraction of sp³-hybridized carbons (Fsp3) is 0.222. The zero-order valence-corrected chi connectivity index (χ0v) is 14.9. The highest BCUT2D eigenvalue weighted by molar-refractivity contribution is 7.13. The number of nitrogens with one attached hydrogen (secondary N) is 1. The molecule has 0 bridgehead atoms. The minimum absolute atomic E-state index is 0.228. The lowest BCUT2D eigenvalue weighted by Crippen LogP contribution is -2.26. The Morgan fingerprint density at radius 1 is 1.24 bits per heavy atom. The lowest BCUT2D eigenvalue weighted by molar-refractivity contribution is 0.0931. The Labute approximate surface area is 149 Å². The molecule has 3 aromatic rings. The molecule has 0 unspecified atom stereocenters. The number of thiazole rings is 1. The monoisotopic (exact) mass is 358 g/mol. The van der Waals surface area contributed by atoms with E-state index in [0.717, 1.165) is 10.6 Å². The zero-order valence-electron chi connectivity index (χ0n) is 14.1. The highest BCUT2D eigenvalue weighted by Gasteiger charge is 2.17. The number of carbonyl (C=O) groups is 1. The topological polar surface area (TPSA) is 73.6 Å². The van der Waals surface area contributed by atoms with Crippen molar-refractivity contribution < 1.29 is 18.7 Å². The number of aromatic nitrogens is 1. The number of furan rings is 1. The van der Waals surface area contributed by atoms with Crippen LogP contribution in [0, 0.1) is 0 Å². The molecule has 3 rings (SSSR count). The first-order valence-electron chi connectivity index (χ1n) is 7.64. The molecule has 0 spiro atoms. The number of amides is 1. The fourth-order valence-electron chi connectivity index (χ4n) is 2.36. The number of carbonyl (C=O) groups excluding carboxylic acids is 1. The summed E-state index contributed by atoms with van der Waals surface area (Å²) in [6.07, 6.45) is 1.58. The molecular weight excluding hydrogens is 340 g/mol. The molecule has 0 aliphatic carbocycles. The number of methoxy groups -OCH3 is 2. The van der Waals surface area contributed by atoms with Crippen LogP contribution in [0.15, 0.2) is 46.4 Å². The van der Waals surface area contributed by atoms with E-state index in [2.05, 4.69) is 10.3 Å². The Kier molecular flexibility index (Phi) is 5.04. The Bertz CT molecular complexity index is 858.